The second kappa shape index (κ2) is 7.14. The van der Waals surface area contributed by atoms with E-state index in [4.69, 9.17) is 4.74 Å². The van der Waals surface area contributed by atoms with Crippen molar-refractivity contribution in [1.82, 2.24) is 10.2 Å². The molecule has 4 nitrogen and oxygen atoms in total. The maximum atomic E-state index is 12.0. The molecule has 0 radical (unpaired) electrons. The van der Waals surface area contributed by atoms with Gasteiger partial charge in [0.15, 0.2) is 11.9 Å². The lowest BCUT2D eigenvalue weighted by Crippen LogP contribution is -2.36. The van der Waals surface area contributed by atoms with Crippen molar-refractivity contribution in [3.8, 4) is 0 Å². The quantitative estimate of drug-likeness (QED) is 0.570. The Morgan fingerprint density at radius 2 is 1.75 bits per heavy atom. The van der Waals surface area contributed by atoms with Crippen LogP contribution in [0, 0.1) is 0 Å². The number of carbonyl (C=O) groups is 1. The smallest absolute Gasteiger partial charge is 0.358 e. The first kappa shape index (κ1) is 15.9. The van der Waals surface area contributed by atoms with Crippen molar-refractivity contribution in [2.24, 2.45) is 0 Å². The summed E-state index contributed by atoms with van der Waals surface area (Å²) in [4.78, 5) is 14.1. The van der Waals surface area contributed by atoms with Gasteiger partial charge in [-0.25, -0.2) is 4.79 Å². The van der Waals surface area contributed by atoms with E-state index in [9.17, 15) is 4.79 Å². The van der Waals surface area contributed by atoms with Gasteiger partial charge in [-0.05, 0) is 64.2 Å². The number of carbonyl (C=O) groups excluding carboxylic acids is 1. The highest BCUT2D eigenvalue weighted by molar-refractivity contribution is 5.97. The van der Waals surface area contributed by atoms with Gasteiger partial charge in [0.25, 0.3) is 0 Å². The van der Waals surface area contributed by atoms with Crippen LogP contribution in [-0.4, -0.2) is 30.2 Å². The summed E-state index contributed by atoms with van der Waals surface area (Å²) in [7, 11) is 0. The third-order valence-electron chi connectivity index (χ3n) is 5.62. The third-order valence-corrected chi connectivity index (χ3v) is 5.62. The molecule has 0 spiro atoms. The van der Waals surface area contributed by atoms with Crippen molar-refractivity contribution < 1.29 is 9.53 Å². The Bertz CT molecular complexity index is 603. The summed E-state index contributed by atoms with van der Waals surface area (Å²) >= 11 is 0. The van der Waals surface area contributed by atoms with Gasteiger partial charge >= 0.3 is 5.97 Å². The molecule has 4 rings (SSSR count). The Hall–Kier alpha value is -1.55. The molecule has 0 aromatic carbocycles. The fourth-order valence-corrected chi connectivity index (χ4v) is 4.17. The van der Waals surface area contributed by atoms with Crippen LogP contribution in [0.5, 0.6) is 0 Å². The van der Waals surface area contributed by atoms with E-state index < -0.39 is 0 Å². The molecule has 0 aromatic rings. The van der Waals surface area contributed by atoms with Crippen molar-refractivity contribution in [2.45, 2.75) is 70.4 Å². The minimum Gasteiger partial charge on any atom is -0.436 e. The Kier molecular flexibility index (Phi) is 4.74. The van der Waals surface area contributed by atoms with E-state index in [0.29, 0.717) is 0 Å². The van der Waals surface area contributed by atoms with E-state index in [1.165, 1.54) is 51.4 Å². The number of rotatable bonds is 7. The first-order valence-electron chi connectivity index (χ1n) is 9.65. The minimum absolute atomic E-state index is 0.142. The number of nitrogens with zero attached hydrogens (tertiary/aromatic N) is 1. The predicted octanol–water partition coefficient (Wildman–Crippen LogP) is 3.77. The average molecular weight is 328 g/mol. The molecular weight excluding hydrogens is 300 g/mol. The number of allylic oxidation sites excluding steroid dienone is 2. The summed E-state index contributed by atoms with van der Waals surface area (Å²) in [5, 5.41) is 3.42. The maximum absolute atomic E-state index is 12.0. The van der Waals surface area contributed by atoms with Crippen molar-refractivity contribution in [3.05, 3.63) is 34.7 Å². The van der Waals surface area contributed by atoms with Gasteiger partial charge in [-0.2, -0.15) is 0 Å². The summed E-state index contributed by atoms with van der Waals surface area (Å²) in [5.74, 6) is -0.142. The van der Waals surface area contributed by atoms with E-state index in [1.54, 1.807) is 11.1 Å². The lowest BCUT2D eigenvalue weighted by molar-refractivity contribution is -0.144. The SMILES string of the molecule is O=C1OC(NCCC2=CCCCC2)C2=C1N2CCC1=CCCCC1. The zero-order chi connectivity index (χ0) is 16.4. The molecule has 1 N–H and O–H groups in total. The molecular formula is C20H28N2O2. The first-order valence-corrected chi connectivity index (χ1v) is 9.65. The topological polar surface area (TPSA) is 41.3 Å². The van der Waals surface area contributed by atoms with E-state index in [2.05, 4.69) is 22.4 Å². The van der Waals surface area contributed by atoms with Crippen LogP contribution in [0.15, 0.2) is 34.7 Å². The summed E-state index contributed by atoms with van der Waals surface area (Å²) in [5.41, 5.74) is 5.04. The van der Waals surface area contributed by atoms with Gasteiger partial charge in [0.2, 0.25) is 0 Å². The fourth-order valence-electron chi connectivity index (χ4n) is 4.17. The van der Waals surface area contributed by atoms with E-state index in [0.717, 1.165) is 37.3 Å². The molecule has 4 aliphatic rings. The van der Waals surface area contributed by atoms with Gasteiger partial charge < -0.3 is 9.64 Å². The number of hydrogen-bond acceptors (Lipinski definition) is 4. The number of hydrogen-bond donors (Lipinski definition) is 1. The Morgan fingerprint density at radius 1 is 1.04 bits per heavy atom. The molecule has 0 bridgehead atoms. The standard InChI is InChI=1S/C20H28N2O2/c23-20-18-17(22(18)14-12-16-9-5-2-6-10-16)19(24-20)21-13-11-15-7-3-1-4-8-15/h7,9,19,21H,1-6,8,10-14H2. The van der Waals surface area contributed by atoms with E-state index in [-0.39, 0.29) is 12.2 Å². The molecule has 0 saturated carbocycles. The number of esters is 1. The minimum atomic E-state index is -0.211. The van der Waals surface area contributed by atoms with Gasteiger partial charge in [-0.3, -0.25) is 5.32 Å². The summed E-state index contributed by atoms with van der Waals surface area (Å²) in [6.07, 6.45) is 17.0. The van der Waals surface area contributed by atoms with Gasteiger partial charge in [0.1, 0.15) is 5.70 Å². The number of morpholine rings is 1. The number of nitrogens with one attached hydrogen (secondary N) is 1. The Balaban J connectivity index is 1.23. The van der Waals surface area contributed by atoms with Crippen molar-refractivity contribution >= 4 is 5.97 Å². The number of cyclic esters (lactones) is 1. The number of ether oxygens (including phenoxy) is 1. The molecule has 24 heavy (non-hydrogen) atoms. The van der Waals surface area contributed by atoms with E-state index >= 15 is 0 Å². The predicted molar refractivity (Wildman–Crippen MR) is 94.0 cm³/mol. The molecule has 0 saturated heterocycles. The molecule has 4 heteroatoms. The molecule has 130 valence electrons. The van der Waals surface area contributed by atoms with Crippen LogP contribution in [0.2, 0.25) is 0 Å². The normalized spacial score (nSPS) is 26.1. The first-order chi connectivity index (χ1) is 11.8. The summed E-state index contributed by atoms with van der Waals surface area (Å²) in [6, 6.07) is 0. The summed E-state index contributed by atoms with van der Waals surface area (Å²) < 4.78 is 5.43. The Morgan fingerprint density at radius 3 is 2.42 bits per heavy atom. The lowest BCUT2D eigenvalue weighted by Gasteiger charge is -2.21. The second-order valence-electron chi connectivity index (χ2n) is 7.34. The highest BCUT2D eigenvalue weighted by atomic mass is 16.6. The van der Waals surface area contributed by atoms with Crippen LogP contribution in [0.1, 0.15) is 64.2 Å². The molecule has 1 atom stereocenters. The lowest BCUT2D eigenvalue weighted by atomic mass is 9.97. The van der Waals surface area contributed by atoms with Gasteiger partial charge in [-0.1, -0.05) is 23.3 Å². The van der Waals surface area contributed by atoms with Crippen molar-refractivity contribution in [2.75, 3.05) is 13.1 Å². The largest absolute Gasteiger partial charge is 0.436 e. The van der Waals surface area contributed by atoms with Gasteiger partial charge in [-0.15, -0.1) is 0 Å². The molecule has 0 aromatic heterocycles. The zero-order valence-electron chi connectivity index (χ0n) is 14.5. The highest BCUT2D eigenvalue weighted by Crippen LogP contribution is 2.42. The molecule has 0 fully saturated rings. The van der Waals surface area contributed by atoms with E-state index in [1.807, 2.05) is 0 Å². The highest BCUT2D eigenvalue weighted by Gasteiger charge is 2.51. The molecule has 2 aliphatic carbocycles. The van der Waals surface area contributed by atoms with Crippen LogP contribution in [0.25, 0.3) is 0 Å². The molecule has 2 heterocycles. The van der Waals surface area contributed by atoms with Crippen LogP contribution in [0.4, 0.5) is 0 Å². The van der Waals surface area contributed by atoms with Crippen LogP contribution < -0.4 is 5.32 Å². The third kappa shape index (κ3) is 3.44. The monoisotopic (exact) mass is 328 g/mol. The van der Waals surface area contributed by atoms with Crippen LogP contribution in [-0.2, 0) is 9.53 Å². The molecule has 0 amide bonds. The fraction of sp³-hybridized carbons (Fsp3) is 0.650. The van der Waals surface area contributed by atoms with Crippen molar-refractivity contribution in [1.29, 1.82) is 0 Å². The molecule has 1 unspecified atom stereocenters. The van der Waals surface area contributed by atoms with Gasteiger partial charge in [0.05, 0.1) is 0 Å². The van der Waals surface area contributed by atoms with Crippen LogP contribution >= 0.6 is 0 Å². The maximum Gasteiger partial charge on any atom is 0.358 e. The van der Waals surface area contributed by atoms with Crippen molar-refractivity contribution in [3.63, 3.8) is 0 Å². The zero-order valence-corrected chi connectivity index (χ0v) is 14.5. The second-order valence-corrected chi connectivity index (χ2v) is 7.34. The average Bonchev–Trinajstić information content (AvgIpc) is 3.26. The molecule has 2 aliphatic heterocycles. The van der Waals surface area contributed by atoms with Gasteiger partial charge in [0, 0.05) is 13.1 Å². The summed E-state index contributed by atoms with van der Waals surface area (Å²) in [6.45, 7) is 1.83. The Labute approximate surface area is 144 Å². The van der Waals surface area contributed by atoms with Crippen LogP contribution in [0.3, 0.4) is 0 Å².